The number of ether oxygens (including phenoxy) is 1. The Labute approximate surface area is 163 Å². The van der Waals surface area contributed by atoms with Crippen molar-refractivity contribution in [3.8, 4) is 11.4 Å². The molecule has 1 aromatic carbocycles. The van der Waals surface area contributed by atoms with E-state index in [1.807, 2.05) is 42.5 Å². The molecule has 1 fully saturated rings. The molecule has 4 rings (SSSR count). The Kier molecular flexibility index (Phi) is 5.77. The van der Waals surface area contributed by atoms with Crippen molar-refractivity contribution < 1.29 is 9.26 Å². The molecule has 140 valence electrons. The minimum atomic E-state index is 0.271. The molecule has 0 atom stereocenters. The van der Waals surface area contributed by atoms with Crippen LogP contribution in [-0.4, -0.2) is 39.2 Å². The highest BCUT2D eigenvalue weighted by Crippen LogP contribution is 2.21. The van der Waals surface area contributed by atoms with Gasteiger partial charge in [-0.25, -0.2) is 0 Å². The standard InChI is InChI=1S/C20H21ClN4O2/c21-16-5-3-4-15(12-16)20-23-19(27-24-20)13-25-10-7-18(8-11-25)26-14-17-6-1-2-9-22-17/h1-6,9,12,18H,7-8,10-11,13-14H2. The average molecular weight is 385 g/mol. The first-order chi connectivity index (χ1) is 13.3. The summed E-state index contributed by atoms with van der Waals surface area (Å²) in [6, 6.07) is 13.3. The van der Waals surface area contributed by atoms with E-state index in [2.05, 4.69) is 20.0 Å². The third-order valence-corrected chi connectivity index (χ3v) is 4.87. The van der Waals surface area contributed by atoms with Gasteiger partial charge in [0, 0.05) is 29.9 Å². The second kappa shape index (κ2) is 8.61. The first-order valence-corrected chi connectivity index (χ1v) is 9.46. The molecule has 1 aliphatic rings. The summed E-state index contributed by atoms with van der Waals surface area (Å²) in [4.78, 5) is 11.1. The van der Waals surface area contributed by atoms with E-state index in [0.29, 0.717) is 29.9 Å². The fourth-order valence-corrected chi connectivity index (χ4v) is 3.37. The molecule has 0 aliphatic carbocycles. The molecule has 0 spiro atoms. The van der Waals surface area contributed by atoms with Gasteiger partial charge in [-0.2, -0.15) is 4.98 Å². The van der Waals surface area contributed by atoms with Crippen LogP contribution in [0.1, 0.15) is 24.4 Å². The number of halogens is 1. The van der Waals surface area contributed by atoms with E-state index in [4.69, 9.17) is 20.9 Å². The van der Waals surface area contributed by atoms with Crippen molar-refractivity contribution in [2.75, 3.05) is 13.1 Å². The molecule has 0 N–H and O–H groups in total. The van der Waals surface area contributed by atoms with E-state index in [0.717, 1.165) is 37.2 Å². The van der Waals surface area contributed by atoms with Gasteiger partial charge in [-0.1, -0.05) is 35.0 Å². The normalized spacial score (nSPS) is 15.9. The van der Waals surface area contributed by atoms with Crippen molar-refractivity contribution in [3.63, 3.8) is 0 Å². The SMILES string of the molecule is Clc1cccc(-c2noc(CN3CCC(OCc4ccccn4)CC3)n2)c1. The van der Waals surface area contributed by atoms with Crippen LogP contribution < -0.4 is 0 Å². The predicted octanol–water partition coefficient (Wildman–Crippen LogP) is 3.97. The Morgan fingerprint density at radius 2 is 2.04 bits per heavy atom. The second-order valence-electron chi connectivity index (χ2n) is 6.63. The minimum absolute atomic E-state index is 0.271. The summed E-state index contributed by atoms with van der Waals surface area (Å²) in [5.74, 6) is 1.19. The maximum absolute atomic E-state index is 6.03. The quantitative estimate of drug-likeness (QED) is 0.640. The lowest BCUT2D eigenvalue weighted by molar-refractivity contribution is -0.00681. The fourth-order valence-electron chi connectivity index (χ4n) is 3.18. The number of nitrogens with zero attached hydrogens (tertiary/aromatic N) is 4. The molecule has 0 bridgehead atoms. The summed E-state index contributed by atoms with van der Waals surface area (Å²) in [5.41, 5.74) is 1.83. The van der Waals surface area contributed by atoms with Crippen molar-refractivity contribution in [2.45, 2.75) is 32.1 Å². The summed E-state index contributed by atoms with van der Waals surface area (Å²) in [7, 11) is 0. The summed E-state index contributed by atoms with van der Waals surface area (Å²) in [6.07, 6.45) is 4.04. The first-order valence-electron chi connectivity index (χ1n) is 9.09. The van der Waals surface area contributed by atoms with Gasteiger partial charge in [0.1, 0.15) is 0 Å². The molecule has 3 aromatic rings. The van der Waals surface area contributed by atoms with Gasteiger partial charge in [-0.15, -0.1) is 0 Å². The van der Waals surface area contributed by atoms with E-state index < -0.39 is 0 Å². The number of piperidine rings is 1. The van der Waals surface area contributed by atoms with Crippen LogP contribution in [0.4, 0.5) is 0 Å². The predicted molar refractivity (Wildman–Crippen MR) is 102 cm³/mol. The van der Waals surface area contributed by atoms with E-state index >= 15 is 0 Å². The number of benzene rings is 1. The molecule has 3 heterocycles. The zero-order valence-corrected chi connectivity index (χ0v) is 15.7. The number of likely N-dealkylation sites (tertiary alicyclic amines) is 1. The Bertz CT molecular complexity index is 863. The third kappa shape index (κ3) is 4.91. The van der Waals surface area contributed by atoms with Crippen molar-refractivity contribution in [3.05, 3.63) is 65.3 Å². The molecule has 0 amide bonds. The Morgan fingerprint density at radius 1 is 1.15 bits per heavy atom. The van der Waals surface area contributed by atoms with Crippen LogP contribution in [-0.2, 0) is 17.9 Å². The molecule has 7 heteroatoms. The highest BCUT2D eigenvalue weighted by Gasteiger charge is 2.21. The average Bonchev–Trinajstić information content (AvgIpc) is 3.17. The summed E-state index contributed by atoms with van der Waals surface area (Å²) in [6.45, 7) is 3.11. The maximum Gasteiger partial charge on any atom is 0.241 e. The van der Waals surface area contributed by atoms with Crippen molar-refractivity contribution in [1.82, 2.24) is 20.0 Å². The largest absolute Gasteiger partial charge is 0.372 e. The number of hydrogen-bond acceptors (Lipinski definition) is 6. The molecule has 1 saturated heterocycles. The highest BCUT2D eigenvalue weighted by molar-refractivity contribution is 6.30. The molecule has 0 unspecified atom stereocenters. The highest BCUT2D eigenvalue weighted by atomic mass is 35.5. The smallest absolute Gasteiger partial charge is 0.241 e. The number of pyridine rings is 1. The molecule has 27 heavy (non-hydrogen) atoms. The van der Waals surface area contributed by atoms with Crippen LogP contribution in [0.25, 0.3) is 11.4 Å². The number of rotatable bonds is 6. The first kappa shape index (κ1) is 18.1. The van der Waals surface area contributed by atoms with E-state index in [1.54, 1.807) is 6.20 Å². The monoisotopic (exact) mass is 384 g/mol. The van der Waals surface area contributed by atoms with Crippen LogP contribution >= 0.6 is 11.6 Å². The van der Waals surface area contributed by atoms with Gasteiger partial charge >= 0.3 is 0 Å². The van der Waals surface area contributed by atoms with Crippen LogP contribution in [0.3, 0.4) is 0 Å². The van der Waals surface area contributed by atoms with Gasteiger partial charge in [0.2, 0.25) is 11.7 Å². The minimum Gasteiger partial charge on any atom is -0.372 e. The molecular weight excluding hydrogens is 364 g/mol. The molecular formula is C20H21ClN4O2. The maximum atomic E-state index is 6.03. The summed E-state index contributed by atoms with van der Waals surface area (Å²) < 4.78 is 11.4. The molecule has 1 aliphatic heterocycles. The van der Waals surface area contributed by atoms with Crippen molar-refractivity contribution in [1.29, 1.82) is 0 Å². The van der Waals surface area contributed by atoms with E-state index in [-0.39, 0.29) is 6.10 Å². The van der Waals surface area contributed by atoms with Gasteiger partial charge in [0.05, 0.1) is 24.9 Å². The van der Waals surface area contributed by atoms with Gasteiger partial charge < -0.3 is 9.26 Å². The topological polar surface area (TPSA) is 64.3 Å². The molecule has 0 radical (unpaired) electrons. The third-order valence-electron chi connectivity index (χ3n) is 4.64. The fraction of sp³-hybridized carbons (Fsp3) is 0.350. The van der Waals surface area contributed by atoms with E-state index in [1.165, 1.54) is 0 Å². The lowest BCUT2D eigenvalue weighted by atomic mass is 10.1. The van der Waals surface area contributed by atoms with Gasteiger partial charge in [-0.05, 0) is 37.1 Å². The lowest BCUT2D eigenvalue weighted by Gasteiger charge is -2.30. The zero-order chi connectivity index (χ0) is 18.5. The number of aromatic nitrogens is 3. The summed E-state index contributed by atoms with van der Waals surface area (Å²) >= 11 is 6.03. The van der Waals surface area contributed by atoms with Crippen LogP contribution in [0.15, 0.2) is 53.2 Å². The van der Waals surface area contributed by atoms with Crippen LogP contribution in [0, 0.1) is 0 Å². The van der Waals surface area contributed by atoms with Gasteiger partial charge in [0.25, 0.3) is 0 Å². The summed E-state index contributed by atoms with van der Waals surface area (Å²) in [5, 5.41) is 4.73. The Hall–Kier alpha value is -2.28. The second-order valence-corrected chi connectivity index (χ2v) is 7.07. The lowest BCUT2D eigenvalue weighted by Crippen LogP contribution is -2.36. The van der Waals surface area contributed by atoms with Crippen molar-refractivity contribution >= 4 is 11.6 Å². The van der Waals surface area contributed by atoms with Gasteiger partial charge in [0.15, 0.2) is 0 Å². The van der Waals surface area contributed by atoms with Crippen molar-refractivity contribution in [2.24, 2.45) is 0 Å². The van der Waals surface area contributed by atoms with E-state index in [9.17, 15) is 0 Å². The molecule has 2 aromatic heterocycles. The zero-order valence-electron chi connectivity index (χ0n) is 14.9. The van der Waals surface area contributed by atoms with Crippen LogP contribution in [0.2, 0.25) is 5.02 Å². The Balaban J connectivity index is 1.26. The van der Waals surface area contributed by atoms with Gasteiger partial charge in [-0.3, -0.25) is 9.88 Å². The number of hydrogen-bond donors (Lipinski definition) is 0. The van der Waals surface area contributed by atoms with Crippen LogP contribution in [0.5, 0.6) is 0 Å². The molecule has 6 nitrogen and oxygen atoms in total. The molecule has 0 saturated carbocycles. The Morgan fingerprint density at radius 3 is 2.81 bits per heavy atom.